The van der Waals surface area contributed by atoms with E-state index in [1.165, 1.54) is 6.42 Å². The number of imidazole rings is 1. The van der Waals surface area contributed by atoms with Crippen LogP contribution in [0.15, 0.2) is 17.4 Å². The first-order valence-corrected chi connectivity index (χ1v) is 8.53. The number of aliphatic imine (C=N–C) groups is 1. The van der Waals surface area contributed by atoms with Gasteiger partial charge in [0, 0.05) is 64.8 Å². The number of nitrogens with one attached hydrogen (secondary N) is 1. The van der Waals surface area contributed by atoms with E-state index in [1.54, 1.807) is 0 Å². The molecule has 8 heteroatoms. The van der Waals surface area contributed by atoms with Crippen LogP contribution in [-0.2, 0) is 11.3 Å². The molecule has 1 unspecified atom stereocenters. The van der Waals surface area contributed by atoms with E-state index >= 15 is 0 Å². The molecule has 24 heavy (non-hydrogen) atoms. The minimum absolute atomic E-state index is 0. The molecular formula is C16H29IN6O. The fourth-order valence-corrected chi connectivity index (χ4v) is 3.44. The van der Waals surface area contributed by atoms with Gasteiger partial charge in [0.15, 0.2) is 5.96 Å². The summed E-state index contributed by atoms with van der Waals surface area (Å²) in [4.78, 5) is 13.6. The fraction of sp³-hybridized carbons (Fsp3) is 0.750. The molecule has 1 atom stereocenters. The van der Waals surface area contributed by atoms with Crippen molar-refractivity contribution >= 4 is 29.9 Å². The number of morpholine rings is 1. The van der Waals surface area contributed by atoms with E-state index in [1.807, 2.05) is 26.4 Å². The second-order valence-electron chi connectivity index (χ2n) is 6.18. The van der Waals surface area contributed by atoms with Crippen LogP contribution in [-0.4, -0.2) is 84.3 Å². The number of aromatic nitrogens is 2. The number of hydrogen-bond donors (Lipinski definition) is 1. The lowest BCUT2D eigenvalue weighted by Gasteiger charge is -2.32. The van der Waals surface area contributed by atoms with E-state index in [-0.39, 0.29) is 24.0 Å². The van der Waals surface area contributed by atoms with Crippen LogP contribution in [0, 0.1) is 6.92 Å². The van der Waals surface area contributed by atoms with Crippen molar-refractivity contribution in [3.63, 3.8) is 0 Å². The molecule has 7 nitrogen and oxygen atoms in total. The van der Waals surface area contributed by atoms with Gasteiger partial charge in [-0.3, -0.25) is 9.89 Å². The summed E-state index contributed by atoms with van der Waals surface area (Å²) in [7, 11) is 1.87. The van der Waals surface area contributed by atoms with Gasteiger partial charge in [-0.05, 0) is 13.3 Å². The first-order chi connectivity index (χ1) is 11.3. The molecule has 3 heterocycles. The molecule has 0 amide bonds. The van der Waals surface area contributed by atoms with E-state index < -0.39 is 0 Å². The van der Waals surface area contributed by atoms with Crippen LogP contribution in [0.4, 0.5) is 0 Å². The Balaban J connectivity index is 0.00000208. The molecule has 2 aliphatic heterocycles. The Morgan fingerprint density at radius 1 is 1.38 bits per heavy atom. The van der Waals surface area contributed by atoms with E-state index in [2.05, 4.69) is 29.7 Å². The quantitative estimate of drug-likeness (QED) is 0.420. The van der Waals surface area contributed by atoms with Crippen molar-refractivity contribution in [3.05, 3.63) is 18.2 Å². The lowest BCUT2D eigenvalue weighted by molar-refractivity contribution is 0.0195. The summed E-state index contributed by atoms with van der Waals surface area (Å²) in [5.74, 6) is 2.06. The average Bonchev–Trinajstić information content (AvgIpc) is 3.22. The second kappa shape index (κ2) is 9.57. The Morgan fingerprint density at radius 2 is 2.17 bits per heavy atom. The third-order valence-electron chi connectivity index (χ3n) is 4.80. The predicted octanol–water partition coefficient (Wildman–Crippen LogP) is 0.791. The van der Waals surface area contributed by atoms with Gasteiger partial charge in [0.1, 0.15) is 5.82 Å². The molecule has 1 aromatic rings. The predicted molar refractivity (Wildman–Crippen MR) is 106 cm³/mol. The maximum absolute atomic E-state index is 5.45. The Labute approximate surface area is 161 Å². The summed E-state index contributed by atoms with van der Waals surface area (Å²) in [6, 6.07) is 0.633. The van der Waals surface area contributed by atoms with Crippen LogP contribution in [0.5, 0.6) is 0 Å². The van der Waals surface area contributed by atoms with Crippen LogP contribution in [0.1, 0.15) is 12.2 Å². The molecule has 0 aromatic carbocycles. The molecule has 0 saturated carbocycles. The monoisotopic (exact) mass is 448 g/mol. The Kier molecular flexibility index (Phi) is 7.76. The highest BCUT2D eigenvalue weighted by Crippen LogP contribution is 2.16. The van der Waals surface area contributed by atoms with E-state index in [0.29, 0.717) is 6.04 Å². The van der Waals surface area contributed by atoms with E-state index in [9.17, 15) is 0 Å². The smallest absolute Gasteiger partial charge is 0.193 e. The third-order valence-corrected chi connectivity index (χ3v) is 4.80. The first-order valence-electron chi connectivity index (χ1n) is 8.53. The maximum Gasteiger partial charge on any atom is 0.193 e. The fourth-order valence-electron chi connectivity index (χ4n) is 3.44. The standard InChI is InChI=1S/C16H28N6O.HI/c1-14-18-4-7-20(14)8-5-19-16(17-2)22-6-3-15(13-22)21-9-11-23-12-10-21;/h4,7,15H,3,5-6,8-13H2,1-2H3,(H,17,19);1H. The number of likely N-dealkylation sites (tertiary alicyclic amines) is 1. The van der Waals surface area contributed by atoms with Crippen molar-refractivity contribution in [1.82, 2.24) is 24.7 Å². The molecule has 2 fully saturated rings. The summed E-state index contributed by atoms with van der Waals surface area (Å²) >= 11 is 0. The van der Waals surface area contributed by atoms with Gasteiger partial charge >= 0.3 is 0 Å². The minimum Gasteiger partial charge on any atom is -0.379 e. The Bertz CT molecular complexity index is 528. The van der Waals surface area contributed by atoms with Crippen molar-refractivity contribution in [1.29, 1.82) is 0 Å². The number of guanidine groups is 1. The zero-order valence-electron chi connectivity index (χ0n) is 14.6. The van der Waals surface area contributed by atoms with Gasteiger partial charge < -0.3 is 19.5 Å². The zero-order chi connectivity index (χ0) is 16.1. The van der Waals surface area contributed by atoms with Crippen molar-refractivity contribution in [2.45, 2.75) is 25.9 Å². The highest BCUT2D eigenvalue weighted by molar-refractivity contribution is 14.0. The van der Waals surface area contributed by atoms with Crippen LogP contribution >= 0.6 is 24.0 Å². The summed E-state index contributed by atoms with van der Waals surface area (Å²) in [6.07, 6.45) is 5.07. The maximum atomic E-state index is 5.45. The number of rotatable bonds is 4. The molecule has 136 valence electrons. The Hall–Kier alpha value is -0.870. The van der Waals surface area contributed by atoms with Crippen LogP contribution in [0.25, 0.3) is 0 Å². The first kappa shape index (κ1) is 19.5. The van der Waals surface area contributed by atoms with Crippen LogP contribution in [0.2, 0.25) is 0 Å². The second-order valence-corrected chi connectivity index (χ2v) is 6.18. The molecule has 0 aliphatic carbocycles. The number of halogens is 1. The topological polar surface area (TPSA) is 57.9 Å². The summed E-state index contributed by atoms with van der Waals surface area (Å²) < 4.78 is 7.61. The van der Waals surface area contributed by atoms with E-state index in [0.717, 1.165) is 64.3 Å². The molecule has 2 aliphatic rings. The lowest BCUT2D eigenvalue weighted by Crippen LogP contribution is -2.47. The normalized spacial score (nSPS) is 22.5. The number of hydrogen-bond acceptors (Lipinski definition) is 4. The van der Waals surface area contributed by atoms with Crippen molar-refractivity contribution in [2.24, 2.45) is 4.99 Å². The Morgan fingerprint density at radius 3 is 2.83 bits per heavy atom. The number of nitrogens with zero attached hydrogens (tertiary/aromatic N) is 5. The largest absolute Gasteiger partial charge is 0.379 e. The molecule has 1 aromatic heterocycles. The molecule has 2 saturated heterocycles. The van der Waals surface area contributed by atoms with Crippen LogP contribution in [0.3, 0.4) is 0 Å². The van der Waals surface area contributed by atoms with Gasteiger partial charge in [-0.2, -0.15) is 0 Å². The molecule has 0 radical (unpaired) electrons. The van der Waals surface area contributed by atoms with Crippen molar-refractivity contribution in [2.75, 3.05) is 53.0 Å². The zero-order valence-corrected chi connectivity index (χ0v) is 17.0. The van der Waals surface area contributed by atoms with Gasteiger partial charge in [0.05, 0.1) is 13.2 Å². The molecule has 3 rings (SSSR count). The van der Waals surface area contributed by atoms with Gasteiger partial charge in [-0.15, -0.1) is 24.0 Å². The van der Waals surface area contributed by atoms with Crippen molar-refractivity contribution in [3.8, 4) is 0 Å². The summed E-state index contributed by atoms with van der Waals surface area (Å²) in [5.41, 5.74) is 0. The minimum atomic E-state index is 0. The molecule has 0 spiro atoms. The summed E-state index contributed by atoms with van der Waals surface area (Å²) in [6.45, 7) is 9.79. The lowest BCUT2D eigenvalue weighted by atomic mass is 10.2. The number of ether oxygens (including phenoxy) is 1. The SMILES string of the molecule is CN=C(NCCn1ccnc1C)N1CCC(N2CCOCC2)C1.I. The molecule has 1 N–H and O–H groups in total. The third kappa shape index (κ3) is 4.82. The molecular weight excluding hydrogens is 419 g/mol. The summed E-state index contributed by atoms with van der Waals surface area (Å²) in [5, 5.41) is 3.48. The highest BCUT2D eigenvalue weighted by Gasteiger charge is 2.30. The average molecular weight is 448 g/mol. The van der Waals surface area contributed by atoms with Crippen LogP contribution < -0.4 is 5.32 Å². The molecule has 0 bridgehead atoms. The van der Waals surface area contributed by atoms with Gasteiger partial charge in [0.2, 0.25) is 0 Å². The van der Waals surface area contributed by atoms with Gasteiger partial charge in [-0.1, -0.05) is 0 Å². The van der Waals surface area contributed by atoms with Gasteiger partial charge in [-0.25, -0.2) is 4.98 Å². The highest BCUT2D eigenvalue weighted by atomic mass is 127. The van der Waals surface area contributed by atoms with Gasteiger partial charge in [0.25, 0.3) is 0 Å². The van der Waals surface area contributed by atoms with Crippen molar-refractivity contribution < 1.29 is 4.74 Å². The van der Waals surface area contributed by atoms with E-state index in [4.69, 9.17) is 4.74 Å². The number of aryl methyl sites for hydroxylation is 1.